The second-order valence-electron chi connectivity index (χ2n) is 6.30. The lowest BCUT2D eigenvalue weighted by molar-refractivity contribution is -0.385. The summed E-state index contributed by atoms with van der Waals surface area (Å²) in [4.78, 5) is 24.7. The van der Waals surface area contributed by atoms with Crippen LogP contribution in [0.5, 0.6) is 5.75 Å². The molecule has 0 fully saturated rings. The van der Waals surface area contributed by atoms with Gasteiger partial charge < -0.3 is 10.1 Å². The highest BCUT2D eigenvalue weighted by Crippen LogP contribution is 2.32. The summed E-state index contributed by atoms with van der Waals surface area (Å²) in [5.74, 6) is -0.0810. The molecule has 2 rings (SSSR count). The SMILES string of the molecule is COc1cc(NC(=O)CN(C)Cc2ccc(C)cc2)c(C)cc1[N+](=O)[O-]. The highest BCUT2D eigenvalue weighted by Gasteiger charge is 2.18. The number of nitro groups is 1. The van der Waals surface area contributed by atoms with Gasteiger partial charge in [0.2, 0.25) is 5.91 Å². The molecule has 0 aliphatic carbocycles. The van der Waals surface area contributed by atoms with Gasteiger partial charge in [-0.2, -0.15) is 0 Å². The number of rotatable bonds is 7. The van der Waals surface area contributed by atoms with Crippen molar-refractivity contribution in [3.8, 4) is 5.75 Å². The second kappa shape index (κ2) is 8.44. The van der Waals surface area contributed by atoms with Crippen LogP contribution in [-0.4, -0.2) is 36.4 Å². The fourth-order valence-electron chi connectivity index (χ4n) is 2.61. The van der Waals surface area contributed by atoms with Crippen LogP contribution in [0.15, 0.2) is 36.4 Å². The lowest BCUT2D eigenvalue weighted by Crippen LogP contribution is -2.30. The van der Waals surface area contributed by atoms with Gasteiger partial charge in [0.15, 0.2) is 5.75 Å². The number of aryl methyl sites for hydroxylation is 2. The van der Waals surface area contributed by atoms with Crippen molar-refractivity contribution in [1.29, 1.82) is 0 Å². The Labute approximate surface area is 152 Å². The van der Waals surface area contributed by atoms with E-state index in [2.05, 4.69) is 5.32 Å². The molecule has 0 bridgehead atoms. The highest BCUT2D eigenvalue weighted by molar-refractivity contribution is 5.93. The first-order chi connectivity index (χ1) is 12.3. The molecular formula is C19H23N3O4. The number of amides is 1. The number of anilines is 1. The van der Waals surface area contributed by atoms with E-state index >= 15 is 0 Å². The predicted molar refractivity (Wildman–Crippen MR) is 101 cm³/mol. The Morgan fingerprint density at radius 2 is 1.88 bits per heavy atom. The Morgan fingerprint density at radius 1 is 1.23 bits per heavy atom. The van der Waals surface area contributed by atoms with Crippen LogP contribution in [0.1, 0.15) is 16.7 Å². The number of nitrogens with one attached hydrogen (secondary N) is 1. The number of benzene rings is 2. The van der Waals surface area contributed by atoms with Gasteiger partial charge in [-0.25, -0.2) is 0 Å². The molecule has 26 heavy (non-hydrogen) atoms. The van der Waals surface area contributed by atoms with Crippen LogP contribution in [-0.2, 0) is 11.3 Å². The minimum atomic E-state index is -0.507. The van der Waals surface area contributed by atoms with Gasteiger partial charge in [-0.05, 0) is 32.0 Å². The average molecular weight is 357 g/mol. The molecule has 0 spiro atoms. The third kappa shape index (κ3) is 5.03. The smallest absolute Gasteiger partial charge is 0.311 e. The van der Waals surface area contributed by atoms with E-state index < -0.39 is 4.92 Å². The van der Waals surface area contributed by atoms with Crippen molar-refractivity contribution < 1.29 is 14.5 Å². The summed E-state index contributed by atoms with van der Waals surface area (Å²) in [6, 6.07) is 11.0. The van der Waals surface area contributed by atoms with Gasteiger partial charge in [0.1, 0.15) is 0 Å². The lowest BCUT2D eigenvalue weighted by atomic mass is 10.1. The molecule has 0 saturated carbocycles. The summed E-state index contributed by atoms with van der Waals surface area (Å²) in [7, 11) is 3.22. The zero-order valence-electron chi connectivity index (χ0n) is 15.4. The Hall–Kier alpha value is -2.93. The van der Waals surface area contributed by atoms with E-state index in [9.17, 15) is 14.9 Å². The van der Waals surface area contributed by atoms with E-state index in [0.29, 0.717) is 17.8 Å². The molecule has 0 radical (unpaired) electrons. The molecule has 0 aliphatic rings. The van der Waals surface area contributed by atoms with Gasteiger partial charge in [-0.3, -0.25) is 19.8 Å². The number of carbonyl (C=O) groups is 1. The lowest BCUT2D eigenvalue weighted by Gasteiger charge is -2.17. The molecule has 1 N–H and O–H groups in total. The van der Waals surface area contributed by atoms with Gasteiger partial charge in [0, 0.05) is 24.4 Å². The summed E-state index contributed by atoms with van der Waals surface area (Å²) in [5, 5.41) is 13.8. The van der Waals surface area contributed by atoms with Gasteiger partial charge in [0.25, 0.3) is 0 Å². The molecule has 0 unspecified atom stereocenters. The third-order valence-electron chi connectivity index (χ3n) is 3.98. The normalized spacial score (nSPS) is 10.7. The van der Waals surface area contributed by atoms with Crippen LogP contribution >= 0.6 is 0 Å². The van der Waals surface area contributed by atoms with E-state index in [-0.39, 0.29) is 23.9 Å². The number of methoxy groups -OCH3 is 1. The molecule has 0 heterocycles. The van der Waals surface area contributed by atoms with Gasteiger partial charge in [-0.15, -0.1) is 0 Å². The molecular weight excluding hydrogens is 334 g/mol. The van der Waals surface area contributed by atoms with Crippen molar-refractivity contribution in [2.45, 2.75) is 20.4 Å². The minimum Gasteiger partial charge on any atom is -0.490 e. The fraction of sp³-hybridized carbons (Fsp3) is 0.316. The maximum absolute atomic E-state index is 12.3. The number of hydrogen-bond acceptors (Lipinski definition) is 5. The fourth-order valence-corrected chi connectivity index (χ4v) is 2.61. The first-order valence-corrected chi connectivity index (χ1v) is 8.17. The van der Waals surface area contributed by atoms with Crippen LogP contribution in [0.25, 0.3) is 0 Å². The molecule has 2 aromatic rings. The number of hydrogen-bond donors (Lipinski definition) is 1. The van der Waals surface area contributed by atoms with E-state index in [0.717, 1.165) is 5.56 Å². The summed E-state index contributed by atoms with van der Waals surface area (Å²) < 4.78 is 5.05. The van der Waals surface area contributed by atoms with Crippen LogP contribution in [0.3, 0.4) is 0 Å². The van der Waals surface area contributed by atoms with Crippen molar-refractivity contribution in [3.05, 3.63) is 63.2 Å². The number of nitro benzene ring substituents is 1. The Kier molecular flexibility index (Phi) is 6.30. The van der Waals surface area contributed by atoms with E-state index in [4.69, 9.17) is 4.74 Å². The summed E-state index contributed by atoms with van der Waals surface area (Å²) in [5.41, 5.74) is 3.29. The number of nitrogens with zero attached hydrogens (tertiary/aromatic N) is 2. The molecule has 1 amide bonds. The minimum absolute atomic E-state index is 0.115. The zero-order chi connectivity index (χ0) is 19.3. The maximum Gasteiger partial charge on any atom is 0.311 e. The van der Waals surface area contributed by atoms with Gasteiger partial charge >= 0.3 is 5.69 Å². The monoisotopic (exact) mass is 357 g/mol. The van der Waals surface area contributed by atoms with Crippen molar-refractivity contribution in [1.82, 2.24) is 4.90 Å². The predicted octanol–water partition coefficient (Wildman–Crippen LogP) is 3.29. The third-order valence-corrected chi connectivity index (χ3v) is 3.98. The zero-order valence-corrected chi connectivity index (χ0v) is 15.4. The molecule has 0 aliphatic heterocycles. The summed E-state index contributed by atoms with van der Waals surface area (Å²) in [6.45, 7) is 4.59. The first-order valence-electron chi connectivity index (χ1n) is 8.17. The van der Waals surface area contributed by atoms with Crippen LogP contribution in [0.2, 0.25) is 0 Å². The molecule has 0 aromatic heterocycles. The molecule has 7 heteroatoms. The van der Waals surface area contributed by atoms with Crippen molar-refractivity contribution in [3.63, 3.8) is 0 Å². The Bertz CT molecular complexity index is 803. The van der Waals surface area contributed by atoms with E-state index in [1.807, 2.05) is 43.1 Å². The first kappa shape index (κ1) is 19.4. The van der Waals surface area contributed by atoms with Crippen LogP contribution in [0.4, 0.5) is 11.4 Å². The van der Waals surface area contributed by atoms with E-state index in [1.54, 1.807) is 6.92 Å². The Balaban J connectivity index is 2.02. The van der Waals surface area contributed by atoms with Crippen LogP contribution in [0, 0.1) is 24.0 Å². The molecule has 0 saturated heterocycles. The second-order valence-corrected chi connectivity index (χ2v) is 6.30. The molecule has 138 valence electrons. The largest absolute Gasteiger partial charge is 0.490 e. The topological polar surface area (TPSA) is 84.7 Å². The average Bonchev–Trinajstić information content (AvgIpc) is 2.58. The number of likely N-dealkylation sites (N-methyl/N-ethyl adjacent to an activating group) is 1. The van der Waals surface area contributed by atoms with E-state index in [1.165, 1.54) is 24.8 Å². The molecule has 0 atom stereocenters. The maximum atomic E-state index is 12.3. The summed E-state index contributed by atoms with van der Waals surface area (Å²) >= 11 is 0. The van der Waals surface area contributed by atoms with Gasteiger partial charge in [0.05, 0.1) is 18.6 Å². The quantitative estimate of drug-likeness (QED) is 0.607. The highest BCUT2D eigenvalue weighted by atomic mass is 16.6. The summed E-state index contributed by atoms with van der Waals surface area (Å²) in [6.07, 6.45) is 0. The Morgan fingerprint density at radius 3 is 2.46 bits per heavy atom. The van der Waals surface area contributed by atoms with Crippen LogP contribution < -0.4 is 10.1 Å². The molecule has 2 aromatic carbocycles. The standard InChI is InChI=1S/C19H23N3O4/c1-13-5-7-15(8-6-13)11-21(3)12-19(23)20-16-10-18(26-4)17(22(24)25)9-14(16)2/h5-10H,11-12H2,1-4H3,(H,20,23). The van der Waals surface area contributed by atoms with Crippen molar-refractivity contribution in [2.75, 3.05) is 26.0 Å². The molecule has 7 nitrogen and oxygen atoms in total. The number of ether oxygens (including phenoxy) is 1. The number of carbonyl (C=O) groups excluding carboxylic acids is 1. The van der Waals surface area contributed by atoms with Gasteiger partial charge in [-0.1, -0.05) is 29.8 Å². The van der Waals surface area contributed by atoms with Crippen molar-refractivity contribution in [2.24, 2.45) is 0 Å². The van der Waals surface area contributed by atoms with Crippen molar-refractivity contribution >= 4 is 17.3 Å².